The second kappa shape index (κ2) is 7.04. The molecule has 0 fully saturated rings. The first-order chi connectivity index (χ1) is 10.8. The van der Waals surface area contributed by atoms with Crippen molar-refractivity contribution in [1.82, 2.24) is 15.1 Å². The largest absolute Gasteiger partial charge is 0.506 e. The van der Waals surface area contributed by atoms with Gasteiger partial charge in [-0.2, -0.15) is 5.10 Å². The van der Waals surface area contributed by atoms with Gasteiger partial charge in [0.2, 0.25) is 5.91 Å². The molecule has 1 aromatic carbocycles. The van der Waals surface area contributed by atoms with Gasteiger partial charge in [-0.1, -0.05) is 17.7 Å². The molecule has 0 radical (unpaired) electrons. The fourth-order valence-corrected chi connectivity index (χ4v) is 3.06. The first-order valence-electron chi connectivity index (χ1n) is 7.64. The van der Waals surface area contributed by atoms with Crippen molar-refractivity contribution in [3.05, 3.63) is 45.7 Å². The standard InChI is InChI=1S/C17H22ClN3O2/c1-5-21-12(4)17(11(3)20-21)10(2)19-16(23)9-13-6-7-15(22)14(18)8-13/h6-8,10,22H,5,9H2,1-4H3,(H,19,23)/t10-/m1/s1. The molecule has 1 atom stereocenters. The maximum atomic E-state index is 12.2. The van der Waals surface area contributed by atoms with Crippen molar-refractivity contribution < 1.29 is 9.90 Å². The van der Waals surface area contributed by atoms with Crippen LogP contribution in [0.1, 0.15) is 42.4 Å². The van der Waals surface area contributed by atoms with Crippen LogP contribution < -0.4 is 5.32 Å². The molecule has 1 heterocycles. The summed E-state index contributed by atoms with van der Waals surface area (Å²) < 4.78 is 1.94. The number of carbonyl (C=O) groups is 1. The summed E-state index contributed by atoms with van der Waals surface area (Å²) in [5, 5.41) is 17.1. The summed E-state index contributed by atoms with van der Waals surface area (Å²) in [5.74, 6) is -0.0790. The van der Waals surface area contributed by atoms with E-state index in [0.717, 1.165) is 29.1 Å². The zero-order chi connectivity index (χ0) is 17.1. The van der Waals surface area contributed by atoms with Gasteiger partial charge >= 0.3 is 0 Å². The van der Waals surface area contributed by atoms with Gasteiger partial charge in [0.05, 0.1) is 23.2 Å². The number of carbonyl (C=O) groups excluding carboxylic acids is 1. The summed E-state index contributed by atoms with van der Waals surface area (Å²) in [6.45, 7) is 8.78. The molecule has 0 aliphatic carbocycles. The average molecular weight is 336 g/mol. The van der Waals surface area contributed by atoms with Crippen molar-refractivity contribution in [1.29, 1.82) is 0 Å². The molecule has 0 bridgehead atoms. The minimum Gasteiger partial charge on any atom is -0.506 e. The number of halogens is 1. The molecular weight excluding hydrogens is 314 g/mol. The zero-order valence-corrected chi connectivity index (χ0v) is 14.6. The highest BCUT2D eigenvalue weighted by molar-refractivity contribution is 6.32. The highest BCUT2D eigenvalue weighted by atomic mass is 35.5. The summed E-state index contributed by atoms with van der Waals surface area (Å²) in [5.41, 5.74) is 3.83. The average Bonchev–Trinajstić information content (AvgIpc) is 2.77. The summed E-state index contributed by atoms with van der Waals surface area (Å²) in [6.07, 6.45) is 0.213. The second-order valence-corrected chi connectivity index (χ2v) is 6.06. The lowest BCUT2D eigenvalue weighted by atomic mass is 10.1. The van der Waals surface area contributed by atoms with E-state index in [-0.39, 0.29) is 29.1 Å². The number of phenols is 1. The maximum Gasteiger partial charge on any atom is 0.224 e. The number of aromatic hydroxyl groups is 1. The fourth-order valence-electron chi connectivity index (χ4n) is 2.86. The quantitative estimate of drug-likeness (QED) is 0.881. The number of phenolic OH excluding ortho intramolecular Hbond substituents is 1. The van der Waals surface area contributed by atoms with Crippen LogP contribution in [0.25, 0.3) is 0 Å². The van der Waals surface area contributed by atoms with Gasteiger partial charge in [-0.25, -0.2) is 0 Å². The van der Waals surface area contributed by atoms with Crippen molar-refractivity contribution >= 4 is 17.5 Å². The molecule has 0 saturated carbocycles. The van der Waals surface area contributed by atoms with Crippen molar-refractivity contribution in [2.75, 3.05) is 0 Å². The third kappa shape index (κ3) is 3.85. The number of hydrogen-bond donors (Lipinski definition) is 2. The summed E-state index contributed by atoms with van der Waals surface area (Å²) in [4.78, 5) is 12.2. The lowest BCUT2D eigenvalue weighted by Gasteiger charge is -2.15. The molecule has 2 aromatic rings. The number of aromatic nitrogens is 2. The van der Waals surface area contributed by atoms with Crippen LogP contribution in [-0.2, 0) is 17.8 Å². The van der Waals surface area contributed by atoms with E-state index in [1.807, 2.05) is 32.4 Å². The van der Waals surface area contributed by atoms with Crippen molar-refractivity contribution in [2.45, 2.75) is 46.7 Å². The number of amides is 1. The molecule has 1 aromatic heterocycles. The Balaban J connectivity index is 2.08. The molecule has 1 amide bonds. The monoisotopic (exact) mass is 335 g/mol. The van der Waals surface area contributed by atoms with Crippen LogP contribution >= 0.6 is 11.6 Å². The molecule has 0 aliphatic heterocycles. The van der Waals surface area contributed by atoms with Crippen LogP contribution in [0.2, 0.25) is 5.02 Å². The first kappa shape index (κ1) is 17.3. The normalized spacial score (nSPS) is 12.2. The Morgan fingerprint density at radius 1 is 1.43 bits per heavy atom. The van der Waals surface area contributed by atoms with E-state index in [0.29, 0.717) is 0 Å². The Morgan fingerprint density at radius 2 is 2.13 bits per heavy atom. The number of benzene rings is 1. The molecule has 0 saturated heterocycles. The van der Waals surface area contributed by atoms with Gasteiger partial charge in [-0.15, -0.1) is 0 Å². The predicted octanol–water partition coefficient (Wildman–Crippen LogP) is 3.30. The van der Waals surface area contributed by atoms with Gasteiger partial charge < -0.3 is 10.4 Å². The third-order valence-electron chi connectivity index (χ3n) is 3.92. The van der Waals surface area contributed by atoms with Gasteiger partial charge in [0.15, 0.2) is 0 Å². The molecule has 0 unspecified atom stereocenters. The molecule has 5 nitrogen and oxygen atoms in total. The van der Waals surface area contributed by atoms with Crippen molar-refractivity contribution in [3.63, 3.8) is 0 Å². The van der Waals surface area contributed by atoms with E-state index < -0.39 is 0 Å². The lowest BCUT2D eigenvalue weighted by Crippen LogP contribution is -2.28. The van der Waals surface area contributed by atoms with E-state index >= 15 is 0 Å². The van der Waals surface area contributed by atoms with E-state index in [4.69, 9.17) is 11.6 Å². The summed E-state index contributed by atoms with van der Waals surface area (Å²) in [6, 6.07) is 4.67. The molecule has 124 valence electrons. The summed E-state index contributed by atoms with van der Waals surface area (Å²) >= 11 is 5.87. The molecule has 23 heavy (non-hydrogen) atoms. The van der Waals surface area contributed by atoms with Crippen LogP contribution in [0.5, 0.6) is 5.75 Å². The Bertz CT molecular complexity index is 725. The number of rotatable bonds is 5. The van der Waals surface area contributed by atoms with Gasteiger partial charge in [-0.3, -0.25) is 9.48 Å². The van der Waals surface area contributed by atoms with Crippen LogP contribution in [0, 0.1) is 13.8 Å². The van der Waals surface area contributed by atoms with E-state index in [9.17, 15) is 9.90 Å². The SMILES string of the molecule is CCn1nc(C)c([C@@H](C)NC(=O)Cc2ccc(O)c(Cl)c2)c1C. The number of nitrogens with one attached hydrogen (secondary N) is 1. The fraction of sp³-hybridized carbons (Fsp3) is 0.412. The minimum absolute atomic E-state index is 0.0161. The molecule has 0 spiro atoms. The Hall–Kier alpha value is -2.01. The Morgan fingerprint density at radius 3 is 2.70 bits per heavy atom. The van der Waals surface area contributed by atoms with Crippen molar-refractivity contribution in [2.24, 2.45) is 0 Å². The van der Waals surface area contributed by atoms with Crippen LogP contribution in [0.4, 0.5) is 0 Å². The second-order valence-electron chi connectivity index (χ2n) is 5.65. The lowest BCUT2D eigenvalue weighted by molar-refractivity contribution is -0.121. The van der Waals surface area contributed by atoms with E-state index in [2.05, 4.69) is 10.4 Å². The van der Waals surface area contributed by atoms with Gasteiger partial charge in [0.1, 0.15) is 5.75 Å². The maximum absolute atomic E-state index is 12.2. The number of hydrogen-bond acceptors (Lipinski definition) is 3. The topological polar surface area (TPSA) is 67.2 Å². The summed E-state index contributed by atoms with van der Waals surface area (Å²) in [7, 11) is 0. The van der Waals surface area contributed by atoms with Crippen LogP contribution in [0.15, 0.2) is 18.2 Å². The molecule has 2 rings (SSSR count). The molecule has 2 N–H and O–H groups in total. The first-order valence-corrected chi connectivity index (χ1v) is 8.02. The zero-order valence-electron chi connectivity index (χ0n) is 13.9. The van der Waals surface area contributed by atoms with Crippen LogP contribution in [0.3, 0.4) is 0 Å². The Labute approximate surface area is 141 Å². The van der Waals surface area contributed by atoms with Crippen molar-refractivity contribution in [3.8, 4) is 5.75 Å². The van der Waals surface area contributed by atoms with Crippen LogP contribution in [-0.4, -0.2) is 20.8 Å². The van der Waals surface area contributed by atoms with Gasteiger partial charge in [0.25, 0.3) is 0 Å². The highest BCUT2D eigenvalue weighted by Gasteiger charge is 2.19. The number of nitrogens with zero attached hydrogens (tertiary/aromatic N) is 2. The molecule has 0 aliphatic rings. The predicted molar refractivity (Wildman–Crippen MR) is 90.8 cm³/mol. The minimum atomic E-state index is -0.115. The van der Waals surface area contributed by atoms with Gasteiger partial charge in [0, 0.05) is 17.8 Å². The van der Waals surface area contributed by atoms with Gasteiger partial charge in [-0.05, 0) is 45.4 Å². The molecular formula is C17H22ClN3O2. The third-order valence-corrected chi connectivity index (χ3v) is 4.23. The number of aryl methyl sites for hydroxylation is 2. The highest BCUT2D eigenvalue weighted by Crippen LogP contribution is 2.24. The smallest absolute Gasteiger partial charge is 0.224 e. The molecule has 6 heteroatoms. The van der Waals surface area contributed by atoms with E-state index in [1.165, 1.54) is 6.07 Å². The Kier molecular flexibility index (Phi) is 5.31. The van der Waals surface area contributed by atoms with E-state index in [1.54, 1.807) is 12.1 Å².